The molecule has 0 aliphatic carbocycles. The molecule has 1 aromatic carbocycles. The third-order valence-electron chi connectivity index (χ3n) is 3.90. The number of aromatic nitrogens is 2. The minimum atomic E-state index is -0.0796. The second kappa shape index (κ2) is 8.43. The molecule has 24 heavy (non-hydrogen) atoms. The number of hydrogen-bond donors (Lipinski definition) is 1. The van der Waals surface area contributed by atoms with E-state index in [1.807, 2.05) is 12.1 Å². The summed E-state index contributed by atoms with van der Waals surface area (Å²) in [5.74, 6) is 0.848. The molecule has 1 heterocycles. The number of nitrogens with zero attached hydrogens (tertiary/aromatic N) is 3. The largest absolute Gasteiger partial charge is 0.340 e. The number of unbranched alkanes of at least 4 members (excludes halogenated alkanes) is 1. The molecule has 5 nitrogen and oxygen atoms in total. The van der Waals surface area contributed by atoms with Crippen LogP contribution in [0.5, 0.6) is 0 Å². The predicted octanol–water partition coefficient (Wildman–Crippen LogP) is 4.22. The molecule has 1 amide bonds. The Morgan fingerprint density at radius 3 is 2.54 bits per heavy atom. The first-order chi connectivity index (χ1) is 11.5. The molecule has 0 aliphatic heterocycles. The van der Waals surface area contributed by atoms with E-state index in [4.69, 9.17) is 0 Å². The van der Waals surface area contributed by atoms with Crippen LogP contribution in [0.25, 0.3) is 0 Å². The lowest BCUT2D eigenvalue weighted by Gasteiger charge is -2.16. The molecule has 0 aliphatic rings. The van der Waals surface area contributed by atoms with Crippen molar-refractivity contribution in [3.05, 3.63) is 47.8 Å². The van der Waals surface area contributed by atoms with E-state index >= 15 is 0 Å². The fourth-order valence-corrected chi connectivity index (χ4v) is 2.31. The molecule has 1 aromatic heterocycles. The number of rotatable bonds is 7. The SMILES string of the molecule is CCCCN(C)C(=O)c1ccnc(Nc2ccc(C(C)C)cc2)n1. The fraction of sp³-hybridized carbons (Fsp3) is 0.421. The topological polar surface area (TPSA) is 58.1 Å². The Kier molecular flexibility index (Phi) is 6.29. The van der Waals surface area contributed by atoms with Crippen molar-refractivity contribution >= 4 is 17.5 Å². The lowest BCUT2D eigenvalue weighted by Crippen LogP contribution is -2.28. The van der Waals surface area contributed by atoms with Gasteiger partial charge in [-0.1, -0.05) is 39.3 Å². The van der Waals surface area contributed by atoms with E-state index in [1.54, 1.807) is 24.2 Å². The maximum absolute atomic E-state index is 12.4. The molecule has 0 fully saturated rings. The Hall–Kier alpha value is -2.43. The van der Waals surface area contributed by atoms with Crippen molar-refractivity contribution in [1.29, 1.82) is 0 Å². The van der Waals surface area contributed by atoms with Crippen LogP contribution in [-0.2, 0) is 0 Å². The normalized spacial score (nSPS) is 10.7. The van der Waals surface area contributed by atoms with Crippen molar-refractivity contribution in [2.75, 3.05) is 18.9 Å². The van der Waals surface area contributed by atoms with Crippen LogP contribution in [0.1, 0.15) is 55.6 Å². The Labute approximate surface area is 144 Å². The average molecular weight is 326 g/mol. The van der Waals surface area contributed by atoms with Crippen molar-refractivity contribution in [3.8, 4) is 0 Å². The summed E-state index contributed by atoms with van der Waals surface area (Å²) in [5, 5.41) is 3.15. The number of carbonyl (C=O) groups is 1. The van der Waals surface area contributed by atoms with Gasteiger partial charge in [0.05, 0.1) is 0 Å². The smallest absolute Gasteiger partial charge is 0.272 e. The summed E-state index contributed by atoms with van der Waals surface area (Å²) >= 11 is 0. The highest BCUT2D eigenvalue weighted by atomic mass is 16.2. The van der Waals surface area contributed by atoms with Gasteiger partial charge in [0.1, 0.15) is 5.69 Å². The van der Waals surface area contributed by atoms with E-state index in [-0.39, 0.29) is 5.91 Å². The Morgan fingerprint density at radius 2 is 1.92 bits per heavy atom. The van der Waals surface area contributed by atoms with Crippen LogP contribution in [0.2, 0.25) is 0 Å². The molecule has 128 valence electrons. The van der Waals surface area contributed by atoms with Crippen molar-refractivity contribution in [2.24, 2.45) is 0 Å². The fourth-order valence-electron chi connectivity index (χ4n) is 2.31. The number of nitrogens with one attached hydrogen (secondary N) is 1. The van der Waals surface area contributed by atoms with E-state index in [9.17, 15) is 4.79 Å². The summed E-state index contributed by atoms with van der Waals surface area (Å²) in [7, 11) is 1.80. The summed E-state index contributed by atoms with van der Waals surface area (Å²) in [6.45, 7) is 7.17. The van der Waals surface area contributed by atoms with Gasteiger partial charge < -0.3 is 10.2 Å². The molecule has 5 heteroatoms. The first kappa shape index (κ1) is 17.9. The Balaban J connectivity index is 2.08. The summed E-state index contributed by atoms with van der Waals surface area (Å²) in [5.41, 5.74) is 2.59. The molecule has 0 saturated carbocycles. The highest BCUT2D eigenvalue weighted by Crippen LogP contribution is 2.19. The standard InChI is InChI=1S/C19H26N4O/c1-5-6-13-23(4)18(24)17-11-12-20-19(22-17)21-16-9-7-15(8-10-16)14(2)3/h7-12,14H,5-6,13H2,1-4H3,(H,20,21,22). The predicted molar refractivity (Wildman–Crippen MR) is 97.7 cm³/mol. The van der Waals surface area contributed by atoms with Crippen LogP contribution in [0.4, 0.5) is 11.6 Å². The molecule has 1 N–H and O–H groups in total. The monoisotopic (exact) mass is 326 g/mol. The quantitative estimate of drug-likeness (QED) is 0.828. The van der Waals surface area contributed by atoms with Gasteiger partial charge in [-0.05, 0) is 36.1 Å². The average Bonchev–Trinajstić information content (AvgIpc) is 2.59. The minimum Gasteiger partial charge on any atom is -0.340 e. The van der Waals surface area contributed by atoms with Crippen LogP contribution in [0.3, 0.4) is 0 Å². The van der Waals surface area contributed by atoms with Crippen molar-refractivity contribution in [1.82, 2.24) is 14.9 Å². The zero-order valence-electron chi connectivity index (χ0n) is 14.9. The molecule has 0 spiro atoms. The van der Waals surface area contributed by atoms with Crippen molar-refractivity contribution in [3.63, 3.8) is 0 Å². The lowest BCUT2D eigenvalue weighted by molar-refractivity contribution is 0.0787. The van der Waals surface area contributed by atoms with Crippen molar-refractivity contribution < 1.29 is 4.79 Å². The molecule has 0 atom stereocenters. The molecule has 0 saturated heterocycles. The minimum absolute atomic E-state index is 0.0796. The van der Waals surface area contributed by atoms with E-state index in [1.165, 1.54) is 5.56 Å². The summed E-state index contributed by atoms with van der Waals surface area (Å²) in [6.07, 6.45) is 3.65. The van der Waals surface area contributed by atoms with Gasteiger partial charge in [-0.3, -0.25) is 4.79 Å². The van der Waals surface area contributed by atoms with Gasteiger partial charge in [0, 0.05) is 25.5 Å². The Morgan fingerprint density at radius 1 is 1.21 bits per heavy atom. The number of benzene rings is 1. The van der Waals surface area contributed by atoms with Crippen molar-refractivity contribution in [2.45, 2.75) is 39.5 Å². The van der Waals surface area contributed by atoms with Gasteiger partial charge in [-0.15, -0.1) is 0 Å². The van der Waals surface area contributed by atoms with Crippen LogP contribution in [0, 0.1) is 0 Å². The third-order valence-corrected chi connectivity index (χ3v) is 3.90. The maximum Gasteiger partial charge on any atom is 0.272 e. The molecule has 2 rings (SSSR count). The van der Waals surface area contributed by atoms with E-state index in [0.717, 1.165) is 25.1 Å². The molecule has 0 bridgehead atoms. The number of anilines is 2. The summed E-state index contributed by atoms with van der Waals surface area (Å²) in [6, 6.07) is 9.82. The van der Waals surface area contributed by atoms with E-state index < -0.39 is 0 Å². The molecular formula is C19H26N4O. The van der Waals surface area contributed by atoms with Gasteiger partial charge in [0.25, 0.3) is 5.91 Å². The van der Waals surface area contributed by atoms with Crippen LogP contribution in [0.15, 0.2) is 36.5 Å². The third kappa shape index (κ3) is 4.78. The highest BCUT2D eigenvalue weighted by Gasteiger charge is 2.13. The second-order valence-corrected chi connectivity index (χ2v) is 6.25. The molecule has 2 aromatic rings. The number of amides is 1. The second-order valence-electron chi connectivity index (χ2n) is 6.25. The van der Waals surface area contributed by atoms with E-state index in [0.29, 0.717) is 17.6 Å². The van der Waals surface area contributed by atoms with Crippen LogP contribution < -0.4 is 5.32 Å². The zero-order valence-corrected chi connectivity index (χ0v) is 14.9. The van der Waals surface area contributed by atoms with E-state index in [2.05, 4.69) is 48.2 Å². The summed E-state index contributed by atoms with van der Waals surface area (Å²) in [4.78, 5) is 22.6. The maximum atomic E-state index is 12.4. The van der Waals surface area contributed by atoms with Gasteiger partial charge in [-0.2, -0.15) is 0 Å². The highest BCUT2D eigenvalue weighted by molar-refractivity contribution is 5.92. The Bertz CT molecular complexity index is 667. The number of carbonyl (C=O) groups excluding carboxylic acids is 1. The zero-order chi connectivity index (χ0) is 17.5. The van der Waals surface area contributed by atoms with Crippen LogP contribution in [-0.4, -0.2) is 34.4 Å². The molecular weight excluding hydrogens is 300 g/mol. The molecule has 0 unspecified atom stereocenters. The van der Waals surface area contributed by atoms with Gasteiger partial charge in [0.2, 0.25) is 5.95 Å². The number of hydrogen-bond acceptors (Lipinski definition) is 4. The van der Waals surface area contributed by atoms with Gasteiger partial charge >= 0.3 is 0 Å². The van der Waals surface area contributed by atoms with Gasteiger partial charge in [-0.25, -0.2) is 9.97 Å². The van der Waals surface area contributed by atoms with Gasteiger partial charge in [0.15, 0.2) is 0 Å². The lowest BCUT2D eigenvalue weighted by atomic mass is 10.0. The summed E-state index contributed by atoms with van der Waals surface area (Å²) < 4.78 is 0. The molecule has 0 radical (unpaired) electrons. The van der Waals surface area contributed by atoms with Crippen LogP contribution >= 0.6 is 0 Å². The first-order valence-electron chi connectivity index (χ1n) is 8.46. The first-order valence-corrected chi connectivity index (χ1v) is 8.46.